The maximum absolute atomic E-state index is 12.4. The molecule has 0 saturated carbocycles. The van der Waals surface area contributed by atoms with E-state index in [1.165, 1.54) is 0 Å². The fraction of sp³-hybridized carbons (Fsp3) is 0.231. The second kappa shape index (κ2) is 5.36. The molecule has 0 radical (unpaired) electrons. The zero-order valence-corrected chi connectivity index (χ0v) is 11.5. The maximum atomic E-state index is 12.4. The van der Waals surface area contributed by atoms with Crippen LogP contribution < -0.4 is 5.32 Å². The number of nitrogens with zero attached hydrogens (tertiary/aromatic N) is 2. The molecule has 2 aromatic heterocycles. The Labute approximate surface area is 121 Å². The van der Waals surface area contributed by atoms with Crippen LogP contribution in [0, 0.1) is 0 Å². The van der Waals surface area contributed by atoms with Crippen LogP contribution in [0.1, 0.15) is 10.8 Å². The van der Waals surface area contributed by atoms with Gasteiger partial charge in [-0.15, -0.1) is 10.2 Å². The average molecular weight is 313 g/mol. The largest absolute Gasteiger partial charge is 0.461 e. The molecule has 0 aliphatic carbocycles. The molecule has 0 amide bonds. The Kier molecular flexibility index (Phi) is 3.54. The standard InChI is InChI=1S/C13H10F3N3OS/c14-13(15,16)11-18-19-12(21-11)17-6-5-9-7-8-3-1-2-4-10(8)20-9/h1-4,7H,5-6H2,(H,17,19). The summed E-state index contributed by atoms with van der Waals surface area (Å²) in [6.45, 7) is 0.423. The lowest BCUT2D eigenvalue weighted by Crippen LogP contribution is -2.03. The van der Waals surface area contributed by atoms with E-state index in [0.717, 1.165) is 16.7 Å². The first-order chi connectivity index (χ1) is 10.0. The predicted molar refractivity (Wildman–Crippen MR) is 73.3 cm³/mol. The molecule has 4 nitrogen and oxygen atoms in total. The van der Waals surface area contributed by atoms with Gasteiger partial charge in [-0.05, 0) is 12.1 Å². The van der Waals surface area contributed by atoms with Crippen molar-refractivity contribution in [3.05, 3.63) is 41.1 Å². The van der Waals surface area contributed by atoms with Gasteiger partial charge in [0.1, 0.15) is 11.3 Å². The summed E-state index contributed by atoms with van der Waals surface area (Å²) in [6.07, 6.45) is -3.90. The van der Waals surface area contributed by atoms with Crippen LogP contribution in [0.4, 0.5) is 18.3 Å². The molecule has 0 unspecified atom stereocenters. The van der Waals surface area contributed by atoms with Crippen LogP contribution in [-0.2, 0) is 12.6 Å². The molecule has 0 atom stereocenters. The van der Waals surface area contributed by atoms with E-state index in [1.54, 1.807) is 0 Å². The summed E-state index contributed by atoms with van der Waals surface area (Å²) in [5, 5.41) is 9.59. The van der Waals surface area contributed by atoms with Crippen LogP contribution >= 0.6 is 11.3 Å². The summed E-state index contributed by atoms with van der Waals surface area (Å²) in [5.41, 5.74) is 0.794. The molecule has 1 N–H and O–H groups in total. The van der Waals surface area contributed by atoms with Crippen LogP contribution in [0.3, 0.4) is 0 Å². The van der Waals surface area contributed by atoms with E-state index >= 15 is 0 Å². The molecule has 0 aliphatic heterocycles. The normalized spacial score (nSPS) is 12.0. The number of hydrogen-bond donors (Lipinski definition) is 1. The van der Waals surface area contributed by atoms with Gasteiger partial charge in [0.25, 0.3) is 0 Å². The molecule has 0 spiro atoms. The molecule has 0 fully saturated rings. The molecule has 0 bridgehead atoms. The number of hydrogen-bond acceptors (Lipinski definition) is 5. The number of para-hydroxylation sites is 1. The fourth-order valence-corrected chi connectivity index (χ4v) is 2.50. The minimum absolute atomic E-state index is 0.151. The van der Waals surface area contributed by atoms with Crippen molar-refractivity contribution in [1.82, 2.24) is 10.2 Å². The van der Waals surface area contributed by atoms with Crippen LogP contribution in [0.2, 0.25) is 0 Å². The maximum Gasteiger partial charge on any atom is 0.445 e. The summed E-state index contributed by atoms with van der Waals surface area (Å²) in [4.78, 5) is 0. The number of halogens is 3. The molecule has 2 heterocycles. The molecular weight excluding hydrogens is 303 g/mol. The highest BCUT2D eigenvalue weighted by Gasteiger charge is 2.35. The van der Waals surface area contributed by atoms with E-state index < -0.39 is 11.2 Å². The third kappa shape index (κ3) is 3.15. The molecule has 0 saturated heterocycles. The number of benzene rings is 1. The van der Waals surface area contributed by atoms with Crippen LogP contribution in [0.15, 0.2) is 34.7 Å². The Morgan fingerprint density at radius 3 is 2.71 bits per heavy atom. The van der Waals surface area contributed by atoms with Gasteiger partial charge in [-0.3, -0.25) is 0 Å². The minimum Gasteiger partial charge on any atom is -0.461 e. The molecule has 21 heavy (non-hydrogen) atoms. The van der Waals surface area contributed by atoms with Gasteiger partial charge in [-0.1, -0.05) is 29.5 Å². The average Bonchev–Trinajstić information content (AvgIpc) is 3.03. The molecule has 0 aliphatic rings. The van der Waals surface area contributed by atoms with Gasteiger partial charge in [0, 0.05) is 18.4 Å². The molecule has 8 heteroatoms. The van der Waals surface area contributed by atoms with Crippen molar-refractivity contribution in [1.29, 1.82) is 0 Å². The zero-order chi connectivity index (χ0) is 14.9. The predicted octanol–water partition coefficient (Wildman–Crippen LogP) is 3.96. The third-order valence-electron chi connectivity index (χ3n) is 2.79. The number of alkyl halides is 3. The van der Waals surface area contributed by atoms with Gasteiger partial charge >= 0.3 is 6.18 Å². The van der Waals surface area contributed by atoms with Crippen molar-refractivity contribution < 1.29 is 17.6 Å². The van der Waals surface area contributed by atoms with E-state index in [9.17, 15) is 13.2 Å². The summed E-state index contributed by atoms with van der Waals surface area (Å²) in [6, 6.07) is 9.52. The van der Waals surface area contributed by atoms with Crippen molar-refractivity contribution >= 4 is 27.4 Å². The first kappa shape index (κ1) is 13.9. The molecule has 3 aromatic rings. The quantitative estimate of drug-likeness (QED) is 0.792. The summed E-state index contributed by atoms with van der Waals surface area (Å²) >= 11 is 0.491. The zero-order valence-electron chi connectivity index (χ0n) is 10.6. The van der Waals surface area contributed by atoms with Crippen molar-refractivity contribution in [3.8, 4) is 0 Å². The van der Waals surface area contributed by atoms with Crippen molar-refractivity contribution in [2.45, 2.75) is 12.6 Å². The second-order valence-electron chi connectivity index (χ2n) is 4.34. The van der Waals surface area contributed by atoms with Gasteiger partial charge in [-0.25, -0.2) is 0 Å². The van der Waals surface area contributed by atoms with E-state index in [1.807, 2.05) is 30.3 Å². The smallest absolute Gasteiger partial charge is 0.445 e. The van der Waals surface area contributed by atoms with Crippen LogP contribution in [0.5, 0.6) is 0 Å². The lowest BCUT2D eigenvalue weighted by molar-refractivity contribution is -0.138. The molecular formula is C13H10F3N3OS. The van der Waals surface area contributed by atoms with E-state index in [4.69, 9.17) is 4.42 Å². The Hall–Kier alpha value is -2.09. The van der Waals surface area contributed by atoms with Crippen LogP contribution in [-0.4, -0.2) is 16.7 Å². The molecule has 1 aromatic carbocycles. The number of fused-ring (bicyclic) bond motifs is 1. The minimum atomic E-state index is -4.45. The van der Waals surface area contributed by atoms with E-state index in [-0.39, 0.29) is 5.13 Å². The number of aromatic nitrogens is 2. The number of anilines is 1. The first-order valence-corrected chi connectivity index (χ1v) is 6.96. The Balaban J connectivity index is 1.59. The Morgan fingerprint density at radius 2 is 2.00 bits per heavy atom. The highest BCUT2D eigenvalue weighted by Crippen LogP contribution is 2.32. The van der Waals surface area contributed by atoms with Crippen molar-refractivity contribution in [2.24, 2.45) is 0 Å². The lowest BCUT2D eigenvalue weighted by atomic mass is 10.2. The topological polar surface area (TPSA) is 51.0 Å². The lowest BCUT2D eigenvalue weighted by Gasteiger charge is -1.99. The van der Waals surface area contributed by atoms with E-state index in [0.29, 0.717) is 24.3 Å². The number of rotatable bonds is 4. The number of nitrogens with one attached hydrogen (secondary N) is 1. The SMILES string of the molecule is FC(F)(F)c1nnc(NCCc2cc3ccccc3o2)s1. The van der Waals surface area contributed by atoms with Gasteiger partial charge in [0.05, 0.1) is 0 Å². The van der Waals surface area contributed by atoms with Crippen molar-refractivity contribution in [3.63, 3.8) is 0 Å². The first-order valence-electron chi connectivity index (χ1n) is 6.14. The highest BCUT2D eigenvalue weighted by atomic mass is 32.1. The highest BCUT2D eigenvalue weighted by molar-refractivity contribution is 7.15. The van der Waals surface area contributed by atoms with Gasteiger partial charge in [0.15, 0.2) is 0 Å². The number of furan rings is 1. The van der Waals surface area contributed by atoms with Gasteiger partial charge < -0.3 is 9.73 Å². The second-order valence-corrected chi connectivity index (χ2v) is 5.31. The summed E-state index contributed by atoms with van der Waals surface area (Å²) in [5.74, 6) is 0.768. The van der Waals surface area contributed by atoms with Crippen molar-refractivity contribution in [2.75, 3.05) is 11.9 Å². The fourth-order valence-electron chi connectivity index (χ4n) is 1.86. The summed E-state index contributed by atoms with van der Waals surface area (Å²) < 4.78 is 42.7. The van der Waals surface area contributed by atoms with E-state index in [2.05, 4.69) is 15.5 Å². The third-order valence-corrected chi connectivity index (χ3v) is 3.72. The monoisotopic (exact) mass is 313 g/mol. The molecule has 3 rings (SSSR count). The molecule has 110 valence electrons. The van der Waals surface area contributed by atoms with Gasteiger partial charge in [0.2, 0.25) is 10.1 Å². The summed E-state index contributed by atoms with van der Waals surface area (Å²) in [7, 11) is 0. The Morgan fingerprint density at radius 1 is 1.19 bits per heavy atom. The van der Waals surface area contributed by atoms with Crippen LogP contribution in [0.25, 0.3) is 11.0 Å². The van der Waals surface area contributed by atoms with Gasteiger partial charge in [-0.2, -0.15) is 13.2 Å². The Bertz CT molecular complexity index is 717.